The maximum atomic E-state index is 12.3. The highest BCUT2D eigenvalue weighted by Crippen LogP contribution is 2.29. The predicted octanol–water partition coefficient (Wildman–Crippen LogP) is 5.19. The molecule has 23 heavy (non-hydrogen) atoms. The zero-order valence-corrected chi connectivity index (χ0v) is 13.9. The van der Waals surface area contributed by atoms with Crippen molar-refractivity contribution in [2.24, 2.45) is 0 Å². The molecule has 4 heteroatoms. The largest absolute Gasteiger partial charge is 0.321 e. The van der Waals surface area contributed by atoms with Crippen molar-refractivity contribution in [1.82, 2.24) is 4.98 Å². The SMILES string of the molecule is CC(C)c1ccc(-c2ccc(C(=O)Nc3ccncc3)s2)cc1. The molecule has 0 radical (unpaired) electrons. The van der Waals surface area contributed by atoms with E-state index in [-0.39, 0.29) is 5.91 Å². The summed E-state index contributed by atoms with van der Waals surface area (Å²) in [4.78, 5) is 18.0. The fourth-order valence-electron chi connectivity index (χ4n) is 2.28. The molecule has 3 nitrogen and oxygen atoms in total. The van der Waals surface area contributed by atoms with Crippen LogP contribution in [0.4, 0.5) is 5.69 Å². The number of anilines is 1. The first-order valence-electron chi connectivity index (χ1n) is 7.55. The van der Waals surface area contributed by atoms with Gasteiger partial charge in [0.15, 0.2) is 0 Å². The third-order valence-corrected chi connectivity index (χ3v) is 4.76. The summed E-state index contributed by atoms with van der Waals surface area (Å²) in [5.74, 6) is 0.431. The van der Waals surface area contributed by atoms with Crippen LogP contribution >= 0.6 is 11.3 Å². The van der Waals surface area contributed by atoms with E-state index in [2.05, 4.69) is 48.4 Å². The summed E-state index contributed by atoms with van der Waals surface area (Å²) in [6.45, 7) is 4.36. The molecular weight excluding hydrogens is 304 g/mol. The van der Waals surface area contributed by atoms with Crippen LogP contribution in [0.25, 0.3) is 10.4 Å². The van der Waals surface area contributed by atoms with E-state index in [0.29, 0.717) is 10.8 Å². The molecule has 3 rings (SSSR count). The molecule has 1 N–H and O–H groups in total. The Morgan fingerprint density at radius 1 is 1.00 bits per heavy atom. The average Bonchev–Trinajstić information content (AvgIpc) is 3.06. The van der Waals surface area contributed by atoms with Crippen LogP contribution in [0.15, 0.2) is 60.9 Å². The minimum absolute atomic E-state index is 0.0914. The molecule has 2 aromatic heterocycles. The number of rotatable bonds is 4. The molecule has 0 saturated carbocycles. The highest BCUT2D eigenvalue weighted by atomic mass is 32.1. The van der Waals surface area contributed by atoms with Gasteiger partial charge in [-0.2, -0.15) is 0 Å². The van der Waals surface area contributed by atoms with E-state index in [4.69, 9.17) is 0 Å². The van der Waals surface area contributed by atoms with Crippen molar-refractivity contribution in [3.8, 4) is 10.4 Å². The summed E-state index contributed by atoms with van der Waals surface area (Å²) in [6.07, 6.45) is 3.32. The van der Waals surface area contributed by atoms with Gasteiger partial charge in [-0.15, -0.1) is 11.3 Å². The van der Waals surface area contributed by atoms with E-state index in [1.54, 1.807) is 24.5 Å². The van der Waals surface area contributed by atoms with Gasteiger partial charge in [0, 0.05) is 23.0 Å². The van der Waals surface area contributed by atoms with Crippen LogP contribution in [-0.4, -0.2) is 10.9 Å². The monoisotopic (exact) mass is 322 g/mol. The first kappa shape index (κ1) is 15.4. The van der Waals surface area contributed by atoms with Gasteiger partial charge in [0.1, 0.15) is 0 Å². The molecule has 0 fully saturated rings. The Morgan fingerprint density at radius 3 is 2.35 bits per heavy atom. The molecule has 0 saturated heterocycles. The van der Waals surface area contributed by atoms with Gasteiger partial charge in [0.25, 0.3) is 5.91 Å². The number of thiophene rings is 1. The number of benzene rings is 1. The van der Waals surface area contributed by atoms with Crippen LogP contribution in [0.3, 0.4) is 0 Å². The van der Waals surface area contributed by atoms with Crippen molar-refractivity contribution in [3.05, 3.63) is 71.4 Å². The number of pyridine rings is 1. The summed E-state index contributed by atoms with van der Waals surface area (Å²) in [6, 6.07) is 15.9. The first-order chi connectivity index (χ1) is 11.1. The molecule has 116 valence electrons. The van der Waals surface area contributed by atoms with Crippen molar-refractivity contribution < 1.29 is 4.79 Å². The Labute approximate surface area is 140 Å². The van der Waals surface area contributed by atoms with Crippen LogP contribution in [0.2, 0.25) is 0 Å². The summed E-state index contributed by atoms with van der Waals surface area (Å²) < 4.78 is 0. The van der Waals surface area contributed by atoms with Crippen molar-refractivity contribution >= 4 is 22.9 Å². The zero-order valence-electron chi connectivity index (χ0n) is 13.1. The summed E-state index contributed by atoms with van der Waals surface area (Å²) in [5, 5.41) is 2.88. The zero-order chi connectivity index (χ0) is 16.2. The molecule has 0 bridgehead atoms. The topological polar surface area (TPSA) is 42.0 Å². The average molecular weight is 322 g/mol. The van der Waals surface area contributed by atoms with Crippen LogP contribution in [0, 0.1) is 0 Å². The van der Waals surface area contributed by atoms with Gasteiger partial charge in [0.2, 0.25) is 0 Å². The van der Waals surface area contributed by atoms with Crippen LogP contribution < -0.4 is 5.32 Å². The second kappa shape index (κ2) is 6.75. The van der Waals surface area contributed by atoms with Crippen molar-refractivity contribution in [3.63, 3.8) is 0 Å². The maximum Gasteiger partial charge on any atom is 0.265 e. The van der Waals surface area contributed by atoms with Gasteiger partial charge >= 0.3 is 0 Å². The quantitative estimate of drug-likeness (QED) is 0.718. The first-order valence-corrected chi connectivity index (χ1v) is 8.36. The number of hydrogen-bond acceptors (Lipinski definition) is 3. The lowest BCUT2D eigenvalue weighted by Gasteiger charge is -2.05. The Morgan fingerprint density at radius 2 is 1.70 bits per heavy atom. The van der Waals surface area contributed by atoms with Gasteiger partial charge in [-0.05, 0) is 41.3 Å². The molecule has 1 amide bonds. The Kier molecular flexibility index (Phi) is 4.53. The standard InChI is InChI=1S/C19H18N2OS/c1-13(2)14-3-5-15(6-4-14)17-7-8-18(23-17)19(22)21-16-9-11-20-12-10-16/h3-13H,1-2H3,(H,20,21,22). The molecule has 0 atom stereocenters. The van der Waals surface area contributed by atoms with Gasteiger partial charge in [-0.1, -0.05) is 38.1 Å². The van der Waals surface area contributed by atoms with Crippen LogP contribution in [0.5, 0.6) is 0 Å². The van der Waals surface area contributed by atoms with Crippen molar-refractivity contribution in [2.75, 3.05) is 5.32 Å². The molecule has 1 aromatic carbocycles. The molecule has 0 aliphatic rings. The van der Waals surface area contributed by atoms with Gasteiger partial charge in [-0.3, -0.25) is 9.78 Å². The molecule has 0 aliphatic heterocycles. The molecule has 3 aromatic rings. The summed E-state index contributed by atoms with van der Waals surface area (Å²) >= 11 is 1.50. The Bertz CT molecular complexity index is 792. The molecule has 0 aliphatic carbocycles. The molecule has 0 unspecified atom stereocenters. The smallest absolute Gasteiger partial charge is 0.265 e. The lowest BCUT2D eigenvalue weighted by atomic mass is 10.0. The molecule has 2 heterocycles. The Balaban J connectivity index is 1.76. The second-order valence-corrected chi connectivity index (χ2v) is 6.71. The normalized spacial score (nSPS) is 10.7. The lowest BCUT2D eigenvalue weighted by Crippen LogP contribution is -2.09. The van der Waals surface area contributed by atoms with Crippen molar-refractivity contribution in [2.45, 2.75) is 19.8 Å². The third kappa shape index (κ3) is 3.66. The third-order valence-electron chi connectivity index (χ3n) is 3.63. The fourth-order valence-corrected chi connectivity index (χ4v) is 3.18. The number of nitrogens with zero attached hydrogens (tertiary/aromatic N) is 1. The van der Waals surface area contributed by atoms with Crippen LogP contribution in [0.1, 0.15) is 35.0 Å². The van der Waals surface area contributed by atoms with Gasteiger partial charge < -0.3 is 5.32 Å². The Hall–Kier alpha value is -2.46. The highest BCUT2D eigenvalue weighted by molar-refractivity contribution is 7.17. The molecular formula is C19H18N2OS. The van der Waals surface area contributed by atoms with E-state index in [1.165, 1.54) is 16.9 Å². The summed E-state index contributed by atoms with van der Waals surface area (Å²) in [5.41, 5.74) is 3.21. The number of carbonyl (C=O) groups excluding carboxylic acids is 1. The lowest BCUT2D eigenvalue weighted by molar-refractivity contribution is 0.103. The summed E-state index contributed by atoms with van der Waals surface area (Å²) in [7, 11) is 0. The number of carbonyl (C=O) groups is 1. The number of aromatic nitrogens is 1. The van der Waals surface area contributed by atoms with E-state index < -0.39 is 0 Å². The van der Waals surface area contributed by atoms with Gasteiger partial charge in [-0.25, -0.2) is 0 Å². The van der Waals surface area contributed by atoms with Crippen LogP contribution in [-0.2, 0) is 0 Å². The number of hydrogen-bond donors (Lipinski definition) is 1. The van der Waals surface area contributed by atoms with Crippen molar-refractivity contribution in [1.29, 1.82) is 0 Å². The highest BCUT2D eigenvalue weighted by Gasteiger charge is 2.11. The van der Waals surface area contributed by atoms with Gasteiger partial charge in [0.05, 0.1) is 4.88 Å². The van der Waals surface area contributed by atoms with E-state index in [0.717, 1.165) is 16.1 Å². The fraction of sp³-hybridized carbons (Fsp3) is 0.158. The minimum atomic E-state index is -0.0914. The molecule has 0 spiro atoms. The number of nitrogens with one attached hydrogen (secondary N) is 1. The second-order valence-electron chi connectivity index (χ2n) is 5.63. The van der Waals surface area contributed by atoms with E-state index >= 15 is 0 Å². The minimum Gasteiger partial charge on any atom is -0.321 e. The maximum absolute atomic E-state index is 12.3. The van der Waals surface area contributed by atoms with E-state index in [9.17, 15) is 4.79 Å². The predicted molar refractivity (Wildman–Crippen MR) is 96.0 cm³/mol. The van der Waals surface area contributed by atoms with E-state index in [1.807, 2.05) is 12.1 Å². The number of amides is 1.